The Balaban J connectivity index is 1.71. The molecule has 2 aromatic heterocycles. The SMILES string of the molecule is COCCNCc1ccc2c(ccn2Cc2ccsc2)c1. The van der Waals surface area contributed by atoms with Crippen LogP contribution in [0.15, 0.2) is 47.3 Å². The maximum atomic E-state index is 5.04. The van der Waals surface area contributed by atoms with Crippen molar-refractivity contribution in [2.75, 3.05) is 20.3 Å². The molecule has 3 aromatic rings. The highest BCUT2D eigenvalue weighted by Crippen LogP contribution is 2.19. The molecule has 0 saturated carbocycles. The van der Waals surface area contributed by atoms with Crippen molar-refractivity contribution in [1.82, 2.24) is 9.88 Å². The van der Waals surface area contributed by atoms with Gasteiger partial charge in [0.05, 0.1) is 6.61 Å². The van der Waals surface area contributed by atoms with E-state index in [-0.39, 0.29) is 0 Å². The normalized spacial score (nSPS) is 11.3. The second-order valence-corrected chi connectivity index (χ2v) is 5.92. The number of hydrogen-bond acceptors (Lipinski definition) is 3. The molecular formula is C17H20N2OS. The molecule has 2 heterocycles. The Morgan fingerprint density at radius 2 is 2.14 bits per heavy atom. The van der Waals surface area contributed by atoms with Crippen LogP contribution in [-0.2, 0) is 17.8 Å². The lowest BCUT2D eigenvalue weighted by Crippen LogP contribution is -2.18. The summed E-state index contributed by atoms with van der Waals surface area (Å²) in [5.74, 6) is 0. The van der Waals surface area contributed by atoms with Crippen molar-refractivity contribution in [3.8, 4) is 0 Å². The molecule has 3 rings (SSSR count). The third-order valence-electron chi connectivity index (χ3n) is 3.58. The van der Waals surface area contributed by atoms with Crippen LogP contribution in [-0.4, -0.2) is 24.8 Å². The van der Waals surface area contributed by atoms with Crippen LogP contribution in [0.2, 0.25) is 0 Å². The fourth-order valence-electron chi connectivity index (χ4n) is 2.48. The molecule has 0 amide bonds. The van der Waals surface area contributed by atoms with Crippen molar-refractivity contribution in [1.29, 1.82) is 0 Å². The Morgan fingerprint density at radius 1 is 1.19 bits per heavy atom. The van der Waals surface area contributed by atoms with Gasteiger partial charge in [0.2, 0.25) is 0 Å². The third kappa shape index (κ3) is 3.53. The molecule has 1 N–H and O–H groups in total. The van der Waals surface area contributed by atoms with Crippen LogP contribution >= 0.6 is 11.3 Å². The van der Waals surface area contributed by atoms with Gasteiger partial charge in [0.1, 0.15) is 0 Å². The summed E-state index contributed by atoms with van der Waals surface area (Å²) in [5, 5.41) is 9.02. The van der Waals surface area contributed by atoms with Crippen LogP contribution < -0.4 is 5.32 Å². The highest BCUT2D eigenvalue weighted by atomic mass is 32.1. The summed E-state index contributed by atoms with van der Waals surface area (Å²) in [5.41, 5.74) is 3.97. The van der Waals surface area contributed by atoms with Crippen molar-refractivity contribution in [2.24, 2.45) is 0 Å². The van der Waals surface area contributed by atoms with E-state index in [0.717, 1.165) is 26.2 Å². The zero-order valence-corrected chi connectivity index (χ0v) is 13.0. The molecule has 110 valence electrons. The summed E-state index contributed by atoms with van der Waals surface area (Å²) in [7, 11) is 1.73. The largest absolute Gasteiger partial charge is 0.383 e. The highest BCUT2D eigenvalue weighted by Gasteiger charge is 2.03. The van der Waals surface area contributed by atoms with E-state index in [1.54, 1.807) is 18.4 Å². The first-order chi connectivity index (χ1) is 10.4. The molecular weight excluding hydrogens is 280 g/mol. The topological polar surface area (TPSA) is 26.2 Å². The first-order valence-corrected chi connectivity index (χ1v) is 8.09. The summed E-state index contributed by atoms with van der Waals surface area (Å²) in [4.78, 5) is 0. The smallest absolute Gasteiger partial charge is 0.0587 e. The van der Waals surface area contributed by atoms with E-state index in [0.29, 0.717) is 0 Å². The number of thiophene rings is 1. The van der Waals surface area contributed by atoms with Gasteiger partial charge in [-0.05, 0) is 51.5 Å². The number of methoxy groups -OCH3 is 1. The number of rotatable bonds is 7. The maximum absolute atomic E-state index is 5.04. The Hall–Kier alpha value is -1.62. The molecule has 0 aliphatic carbocycles. The molecule has 0 fully saturated rings. The lowest BCUT2D eigenvalue weighted by atomic mass is 10.1. The van der Waals surface area contributed by atoms with E-state index in [4.69, 9.17) is 4.74 Å². The number of nitrogens with zero attached hydrogens (tertiary/aromatic N) is 1. The lowest BCUT2D eigenvalue weighted by molar-refractivity contribution is 0.199. The minimum Gasteiger partial charge on any atom is -0.383 e. The molecule has 0 unspecified atom stereocenters. The van der Waals surface area contributed by atoms with Gasteiger partial charge in [-0.3, -0.25) is 0 Å². The maximum Gasteiger partial charge on any atom is 0.0587 e. The summed E-state index contributed by atoms with van der Waals surface area (Å²) < 4.78 is 7.34. The summed E-state index contributed by atoms with van der Waals surface area (Å²) >= 11 is 1.75. The van der Waals surface area contributed by atoms with Crippen LogP contribution in [0, 0.1) is 0 Å². The minimum absolute atomic E-state index is 0.749. The molecule has 0 spiro atoms. The zero-order chi connectivity index (χ0) is 14.5. The van der Waals surface area contributed by atoms with Crippen molar-refractivity contribution >= 4 is 22.2 Å². The molecule has 21 heavy (non-hydrogen) atoms. The van der Waals surface area contributed by atoms with Crippen molar-refractivity contribution in [2.45, 2.75) is 13.1 Å². The minimum atomic E-state index is 0.749. The number of benzene rings is 1. The van der Waals surface area contributed by atoms with E-state index in [1.165, 1.54) is 22.0 Å². The summed E-state index contributed by atoms with van der Waals surface area (Å²) in [6.07, 6.45) is 2.17. The summed E-state index contributed by atoms with van der Waals surface area (Å²) in [6.45, 7) is 3.46. The number of ether oxygens (including phenoxy) is 1. The van der Waals surface area contributed by atoms with Crippen LogP contribution in [0.1, 0.15) is 11.1 Å². The second-order valence-electron chi connectivity index (χ2n) is 5.14. The first-order valence-electron chi connectivity index (χ1n) is 7.15. The number of hydrogen-bond donors (Lipinski definition) is 1. The molecule has 1 aromatic carbocycles. The number of aromatic nitrogens is 1. The van der Waals surface area contributed by atoms with Crippen LogP contribution in [0.5, 0.6) is 0 Å². The van der Waals surface area contributed by atoms with E-state index < -0.39 is 0 Å². The standard InChI is InChI=1S/C17H20N2OS/c1-20-8-6-18-11-14-2-3-17-16(10-14)4-7-19(17)12-15-5-9-21-13-15/h2-5,7,9-10,13,18H,6,8,11-12H2,1H3. The van der Waals surface area contributed by atoms with Gasteiger partial charge in [0.15, 0.2) is 0 Å². The highest BCUT2D eigenvalue weighted by molar-refractivity contribution is 7.07. The second kappa shape index (κ2) is 6.89. The molecule has 0 bridgehead atoms. The van der Waals surface area contributed by atoms with Gasteiger partial charge < -0.3 is 14.6 Å². The fourth-order valence-corrected chi connectivity index (χ4v) is 3.14. The monoisotopic (exact) mass is 300 g/mol. The quantitative estimate of drug-likeness (QED) is 0.676. The van der Waals surface area contributed by atoms with Crippen LogP contribution in [0.25, 0.3) is 10.9 Å². The van der Waals surface area contributed by atoms with Gasteiger partial charge in [-0.2, -0.15) is 11.3 Å². The van der Waals surface area contributed by atoms with E-state index >= 15 is 0 Å². The Kier molecular flexibility index (Phi) is 4.70. The van der Waals surface area contributed by atoms with Crippen molar-refractivity contribution < 1.29 is 4.74 Å². The predicted octanol–water partition coefficient (Wildman–Crippen LogP) is 3.49. The van der Waals surface area contributed by atoms with Gasteiger partial charge in [-0.25, -0.2) is 0 Å². The first kappa shape index (κ1) is 14.3. The average molecular weight is 300 g/mol. The van der Waals surface area contributed by atoms with E-state index in [9.17, 15) is 0 Å². The molecule has 3 nitrogen and oxygen atoms in total. The molecule has 0 atom stereocenters. The summed E-state index contributed by atoms with van der Waals surface area (Å²) in [6, 6.07) is 11.1. The number of fused-ring (bicyclic) bond motifs is 1. The van der Waals surface area contributed by atoms with Gasteiger partial charge in [-0.1, -0.05) is 6.07 Å². The van der Waals surface area contributed by atoms with E-state index in [1.807, 2.05) is 0 Å². The third-order valence-corrected chi connectivity index (χ3v) is 4.31. The Bertz CT molecular complexity index is 688. The van der Waals surface area contributed by atoms with Gasteiger partial charge in [0.25, 0.3) is 0 Å². The van der Waals surface area contributed by atoms with E-state index in [2.05, 4.69) is 57.2 Å². The molecule has 4 heteroatoms. The Labute approximate surface area is 129 Å². The number of nitrogens with one attached hydrogen (secondary N) is 1. The molecule has 0 aliphatic rings. The van der Waals surface area contributed by atoms with Crippen LogP contribution in [0.4, 0.5) is 0 Å². The van der Waals surface area contributed by atoms with Crippen molar-refractivity contribution in [3.05, 3.63) is 58.4 Å². The zero-order valence-electron chi connectivity index (χ0n) is 12.2. The lowest BCUT2D eigenvalue weighted by Gasteiger charge is -2.07. The van der Waals surface area contributed by atoms with Gasteiger partial charge >= 0.3 is 0 Å². The van der Waals surface area contributed by atoms with Gasteiger partial charge in [-0.15, -0.1) is 0 Å². The Morgan fingerprint density at radius 3 is 2.95 bits per heavy atom. The fraction of sp³-hybridized carbons (Fsp3) is 0.294. The molecule has 0 aliphatic heterocycles. The predicted molar refractivity (Wildman–Crippen MR) is 88.9 cm³/mol. The molecule has 0 saturated heterocycles. The van der Waals surface area contributed by atoms with Gasteiger partial charge in [0, 0.05) is 38.5 Å². The average Bonchev–Trinajstić information content (AvgIpc) is 3.14. The van der Waals surface area contributed by atoms with Crippen LogP contribution in [0.3, 0.4) is 0 Å². The van der Waals surface area contributed by atoms with Crippen molar-refractivity contribution in [3.63, 3.8) is 0 Å². The molecule has 0 radical (unpaired) electrons.